The van der Waals surface area contributed by atoms with Crippen molar-refractivity contribution in [1.82, 2.24) is 14.9 Å². The topological polar surface area (TPSA) is 101 Å². The number of aromatic nitrogens is 2. The number of nitrogens with zero attached hydrogens (tertiary/aromatic N) is 3. The fourth-order valence-corrected chi connectivity index (χ4v) is 6.17. The number of nitrogens with one attached hydrogen (secondary N) is 1. The normalized spacial score (nSPS) is 18.0. The molecule has 4 aromatic rings. The average Bonchev–Trinajstić information content (AvgIpc) is 3.06. The van der Waals surface area contributed by atoms with E-state index in [-0.39, 0.29) is 28.2 Å². The lowest BCUT2D eigenvalue weighted by Crippen LogP contribution is -2.38. The van der Waals surface area contributed by atoms with E-state index in [0.29, 0.717) is 25.2 Å². The minimum atomic E-state index is -4.08. The predicted molar refractivity (Wildman–Crippen MR) is 143 cm³/mol. The Bertz CT molecular complexity index is 1670. The van der Waals surface area contributed by atoms with E-state index >= 15 is 0 Å². The van der Waals surface area contributed by atoms with Gasteiger partial charge in [0.2, 0.25) is 11.8 Å². The smallest absolute Gasteiger partial charge is 0.264 e. The summed E-state index contributed by atoms with van der Waals surface area (Å²) in [7, 11) is -4.08. The fourth-order valence-electron chi connectivity index (χ4n) is 5.18. The van der Waals surface area contributed by atoms with Gasteiger partial charge >= 0.3 is 0 Å². The Labute approximate surface area is 221 Å². The SMILES string of the molecule is Cc1cccc(C)c1-c1cc2nc(n1)NS(=O)(=O)c1cccc(c1)C(=O)N1Cc3ccccc3C[C@H](C1)O2. The zero-order valence-electron chi connectivity index (χ0n) is 21.0. The molecule has 1 atom stereocenters. The molecular formula is C29H26N4O4S. The number of aryl methyl sites for hydroxylation is 2. The van der Waals surface area contributed by atoms with E-state index in [9.17, 15) is 13.2 Å². The molecule has 1 amide bonds. The third kappa shape index (κ3) is 4.50. The fraction of sp³-hybridized carbons (Fsp3) is 0.207. The van der Waals surface area contributed by atoms with Crippen molar-refractivity contribution in [2.24, 2.45) is 0 Å². The summed E-state index contributed by atoms with van der Waals surface area (Å²) in [6, 6.07) is 21.7. The lowest BCUT2D eigenvalue weighted by molar-refractivity contribution is 0.0652. The van der Waals surface area contributed by atoms with E-state index in [1.54, 1.807) is 23.1 Å². The number of benzene rings is 3. The van der Waals surface area contributed by atoms with E-state index < -0.39 is 16.1 Å². The number of carbonyl (C=O) groups excluding carboxylic acids is 1. The van der Waals surface area contributed by atoms with Crippen molar-refractivity contribution < 1.29 is 17.9 Å². The van der Waals surface area contributed by atoms with Gasteiger partial charge in [0.15, 0.2) is 0 Å². The second kappa shape index (κ2) is 9.25. The summed E-state index contributed by atoms with van der Waals surface area (Å²) >= 11 is 0. The molecule has 0 radical (unpaired) electrons. The van der Waals surface area contributed by atoms with Crippen molar-refractivity contribution in [2.75, 3.05) is 11.3 Å². The minimum Gasteiger partial charge on any atom is -0.472 e. The van der Waals surface area contributed by atoms with E-state index in [1.807, 2.05) is 56.3 Å². The largest absolute Gasteiger partial charge is 0.472 e. The quantitative estimate of drug-likeness (QED) is 0.391. The van der Waals surface area contributed by atoms with Gasteiger partial charge in [-0.2, -0.15) is 4.98 Å². The molecular weight excluding hydrogens is 500 g/mol. The lowest BCUT2D eigenvalue weighted by atomic mass is 10.00. The van der Waals surface area contributed by atoms with E-state index in [4.69, 9.17) is 4.74 Å². The second-order valence-corrected chi connectivity index (χ2v) is 11.4. The van der Waals surface area contributed by atoms with E-state index in [1.165, 1.54) is 12.1 Å². The number of ether oxygens (including phenoxy) is 1. The van der Waals surface area contributed by atoms with Crippen LogP contribution in [-0.4, -0.2) is 41.8 Å². The van der Waals surface area contributed by atoms with Crippen LogP contribution in [0, 0.1) is 13.8 Å². The highest BCUT2D eigenvalue weighted by Gasteiger charge is 2.29. The van der Waals surface area contributed by atoms with Crippen molar-refractivity contribution in [1.29, 1.82) is 0 Å². The summed E-state index contributed by atoms with van der Waals surface area (Å²) in [5.41, 5.74) is 5.84. The molecule has 2 aliphatic rings. The maximum Gasteiger partial charge on any atom is 0.264 e. The van der Waals surface area contributed by atoms with Crippen LogP contribution in [0.25, 0.3) is 11.3 Å². The first-order chi connectivity index (χ1) is 18.3. The minimum absolute atomic E-state index is 0.0436. The van der Waals surface area contributed by atoms with Crippen molar-refractivity contribution in [3.63, 3.8) is 0 Å². The van der Waals surface area contributed by atoms with Crippen LogP contribution in [-0.2, 0) is 23.0 Å². The standard InChI is InChI=1S/C29H26N4O4S/c1-18-7-5-8-19(2)27(18)25-15-26-31-29(30-25)32-38(35,36)24-12-6-11-21(14-24)28(34)33-16-22-10-4-3-9-20(22)13-23(17-33)37-26/h3-12,14-15,23H,13,16-17H2,1-2H3,(H,30,31,32)/t23-/m1/s1. The van der Waals surface area contributed by atoms with Gasteiger partial charge in [0.1, 0.15) is 6.10 Å². The molecule has 2 aliphatic heterocycles. The molecule has 3 aromatic carbocycles. The van der Waals surface area contributed by atoms with E-state index in [0.717, 1.165) is 27.8 Å². The number of rotatable bonds is 1. The Kier molecular flexibility index (Phi) is 5.87. The summed E-state index contributed by atoms with van der Waals surface area (Å²) in [4.78, 5) is 24.3. The molecule has 6 bridgehead atoms. The monoisotopic (exact) mass is 526 g/mol. The second-order valence-electron chi connectivity index (χ2n) is 9.71. The van der Waals surface area contributed by atoms with Crippen LogP contribution in [0.2, 0.25) is 0 Å². The predicted octanol–water partition coefficient (Wildman–Crippen LogP) is 4.52. The van der Waals surface area contributed by atoms with Gasteiger partial charge in [-0.15, -0.1) is 0 Å². The van der Waals surface area contributed by atoms with Crippen LogP contribution in [0.5, 0.6) is 5.88 Å². The molecule has 0 saturated carbocycles. The van der Waals surface area contributed by atoms with Crippen molar-refractivity contribution in [3.05, 3.63) is 101 Å². The van der Waals surface area contributed by atoms with Crippen LogP contribution in [0.15, 0.2) is 77.7 Å². The summed E-state index contributed by atoms with van der Waals surface area (Å²) in [6.07, 6.45) is 0.167. The Morgan fingerprint density at radius 3 is 2.45 bits per heavy atom. The number of amides is 1. The summed E-state index contributed by atoms with van der Waals surface area (Å²) in [6.45, 7) is 4.67. The van der Waals surface area contributed by atoms with Crippen LogP contribution < -0.4 is 9.46 Å². The molecule has 0 spiro atoms. The maximum absolute atomic E-state index is 13.6. The lowest BCUT2D eigenvalue weighted by Gasteiger charge is -2.25. The molecule has 9 heteroatoms. The van der Waals surface area contributed by atoms with Gasteiger partial charge < -0.3 is 9.64 Å². The third-order valence-electron chi connectivity index (χ3n) is 6.98. The first-order valence-electron chi connectivity index (χ1n) is 12.4. The first-order valence-corrected chi connectivity index (χ1v) is 13.9. The molecule has 0 aliphatic carbocycles. The first kappa shape index (κ1) is 24.1. The molecule has 6 rings (SSSR count). The highest BCUT2D eigenvalue weighted by molar-refractivity contribution is 7.92. The number of anilines is 1. The Balaban J connectivity index is 1.55. The number of carbonyl (C=O) groups is 1. The maximum atomic E-state index is 13.6. The number of hydrogen-bond acceptors (Lipinski definition) is 6. The van der Waals surface area contributed by atoms with Gasteiger partial charge in [0, 0.05) is 30.2 Å². The molecule has 0 saturated heterocycles. The van der Waals surface area contributed by atoms with Crippen molar-refractivity contribution >= 4 is 21.9 Å². The Morgan fingerprint density at radius 2 is 1.66 bits per heavy atom. The van der Waals surface area contributed by atoms with Gasteiger partial charge in [-0.1, -0.05) is 48.5 Å². The summed E-state index contributed by atoms with van der Waals surface area (Å²) in [5.74, 6) is -0.124. The van der Waals surface area contributed by atoms with Crippen molar-refractivity contribution in [2.45, 2.75) is 37.8 Å². The molecule has 38 heavy (non-hydrogen) atoms. The highest BCUT2D eigenvalue weighted by Crippen LogP contribution is 2.31. The van der Waals surface area contributed by atoms with Gasteiger partial charge in [0.05, 0.1) is 17.1 Å². The average molecular weight is 527 g/mol. The Morgan fingerprint density at radius 1 is 0.921 bits per heavy atom. The van der Waals surface area contributed by atoms with Gasteiger partial charge in [-0.05, 0) is 54.3 Å². The van der Waals surface area contributed by atoms with Crippen LogP contribution in [0.3, 0.4) is 0 Å². The third-order valence-corrected chi connectivity index (χ3v) is 8.31. The van der Waals surface area contributed by atoms with Gasteiger partial charge in [0.25, 0.3) is 15.9 Å². The Hall–Kier alpha value is -4.24. The summed E-state index contributed by atoms with van der Waals surface area (Å²) in [5, 5.41) is 0. The molecule has 0 fully saturated rings. The zero-order chi connectivity index (χ0) is 26.4. The molecule has 1 N–H and O–H groups in total. The van der Waals surface area contributed by atoms with Crippen LogP contribution >= 0.6 is 0 Å². The van der Waals surface area contributed by atoms with Gasteiger partial charge in [-0.25, -0.2) is 18.1 Å². The molecule has 1 aromatic heterocycles. The number of sulfonamides is 1. The molecule has 8 nitrogen and oxygen atoms in total. The highest BCUT2D eigenvalue weighted by atomic mass is 32.2. The molecule has 3 heterocycles. The molecule has 192 valence electrons. The van der Waals surface area contributed by atoms with Crippen LogP contribution in [0.4, 0.5) is 5.95 Å². The summed E-state index contributed by atoms with van der Waals surface area (Å²) < 4.78 is 35.6. The van der Waals surface area contributed by atoms with Crippen LogP contribution in [0.1, 0.15) is 32.6 Å². The van der Waals surface area contributed by atoms with Gasteiger partial charge in [-0.3, -0.25) is 4.79 Å². The number of fused-ring (bicyclic) bond motifs is 7. The zero-order valence-corrected chi connectivity index (χ0v) is 21.8. The number of hydrogen-bond donors (Lipinski definition) is 1. The van der Waals surface area contributed by atoms with E-state index in [2.05, 4.69) is 14.7 Å². The van der Waals surface area contributed by atoms with Crippen molar-refractivity contribution in [3.8, 4) is 17.1 Å². The molecule has 0 unspecified atom stereocenters.